The maximum atomic E-state index is 12.9. The van der Waals surface area contributed by atoms with E-state index in [-0.39, 0.29) is 22.1 Å². The molecule has 8 heteroatoms. The number of amides is 1. The molecule has 0 aliphatic heterocycles. The maximum absolute atomic E-state index is 12.9. The summed E-state index contributed by atoms with van der Waals surface area (Å²) in [5.74, 6) is -0.231. The van der Waals surface area contributed by atoms with Crippen LogP contribution >= 0.6 is 15.9 Å². The first-order valence-corrected chi connectivity index (χ1v) is 11.0. The van der Waals surface area contributed by atoms with E-state index in [2.05, 4.69) is 26.0 Å². The summed E-state index contributed by atoms with van der Waals surface area (Å²) in [6.07, 6.45) is 0. The van der Waals surface area contributed by atoms with E-state index in [1.54, 1.807) is 24.3 Å². The van der Waals surface area contributed by atoms with Crippen molar-refractivity contribution in [1.29, 1.82) is 0 Å². The SMILES string of the molecule is COc1ccc(C(=O)NCc2ccccc2)cc1S(=O)(=O)Nc1ccc(Br)cc1. The van der Waals surface area contributed by atoms with E-state index in [9.17, 15) is 13.2 Å². The molecule has 0 aromatic heterocycles. The molecule has 0 radical (unpaired) electrons. The van der Waals surface area contributed by atoms with Crippen molar-refractivity contribution in [3.05, 3.63) is 88.4 Å². The average molecular weight is 475 g/mol. The number of carbonyl (C=O) groups is 1. The van der Waals surface area contributed by atoms with Crippen LogP contribution in [-0.4, -0.2) is 21.4 Å². The minimum atomic E-state index is -3.96. The number of ether oxygens (including phenoxy) is 1. The van der Waals surface area contributed by atoms with Crippen molar-refractivity contribution in [1.82, 2.24) is 5.32 Å². The molecule has 1 amide bonds. The second-order valence-electron chi connectivity index (χ2n) is 6.15. The molecule has 0 fully saturated rings. The molecule has 3 aromatic rings. The average Bonchev–Trinajstić information content (AvgIpc) is 2.73. The maximum Gasteiger partial charge on any atom is 0.265 e. The monoisotopic (exact) mass is 474 g/mol. The van der Waals surface area contributed by atoms with E-state index in [0.717, 1.165) is 10.0 Å². The Labute approximate surface area is 178 Å². The van der Waals surface area contributed by atoms with Crippen molar-refractivity contribution in [2.24, 2.45) is 0 Å². The normalized spacial score (nSPS) is 11.0. The first-order valence-electron chi connectivity index (χ1n) is 8.67. The van der Waals surface area contributed by atoms with Gasteiger partial charge >= 0.3 is 0 Å². The molecule has 0 spiro atoms. The van der Waals surface area contributed by atoms with E-state index in [1.807, 2.05) is 30.3 Å². The van der Waals surface area contributed by atoms with E-state index < -0.39 is 10.0 Å². The number of hydrogen-bond acceptors (Lipinski definition) is 4. The van der Waals surface area contributed by atoms with Gasteiger partial charge in [0.2, 0.25) is 0 Å². The number of halogens is 1. The number of sulfonamides is 1. The van der Waals surface area contributed by atoms with Gasteiger partial charge in [0.15, 0.2) is 0 Å². The van der Waals surface area contributed by atoms with Crippen LogP contribution in [0.15, 0.2) is 82.2 Å². The molecule has 0 unspecified atom stereocenters. The molecule has 0 bridgehead atoms. The minimum Gasteiger partial charge on any atom is -0.495 e. The summed E-state index contributed by atoms with van der Waals surface area (Å²) in [4.78, 5) is 12.4. The molecule has 0 atom stereocenters. The van der Waals surface area contributed by atoms with Crippen molar-refractivity contribution in [3.63, 3.8) is 0 Å². The summed E-state index contributed by atoms with van der Waals surface area (Å²) in [6, 6.07) is 20.5. The molecule has 0 aliphatic carbocycles. The quantitative estimate of drug-likeness (QED) is 0.537. The van der Waals surface area contributed by atoms with Crippen molar-refractivity contribution in [3.8, 4) is 5.75 Å². The summed E-state index contributed by atoms with van der Waals surface area (Å²) in [5.41, 5.74) is 1.56. The van der Waals surface area contributed by atoms with Gasteiger partial charge in [-0.15, -0.1) is 0 Å². The third-order valence-electron chi connectivity index (χ3n) is 4.11. The Morgan fingerprint density at radius 1 is 1.00 bits per heavy atom. The van der Waals surface area contributed by atoms with Crippen LogP contribution in [0.4, 0.5) is 5.69 Å². The summed E-state index contributed by atoms with van der Waals surface area (Å²) in [6.45, 7) is 0.338. The van der Waals surface area contributed by atoms with Gasteiger partial charge in [-0.2, -0.15) is 0 Å². The van der Waals surface area contributed by atoms with Crippen molar-refractivity contribution >= 4 is 37.5 Å². The Bertz CT molecular complexity index is 1100. The molecule has 0 saturated heterocycles. The highest BCUT2D eigenvalue weighted by Gasteiger charge is 2.22. The summed E-state index contributed by atoms with van der Waals surface area (Å²) in [5, 5.41) is 2.79. The van der Waals surface area contributed by atoms with E-state index in [1.165, 1.54) is 25.3 Å². The number of nitrogens with one attached hydrogen (secondary N) is 2. The Hall–Kier alpha value is -2.84. The highest BCUT2D eigenvalue weighted by atomic mass is 79.9. The molecule has 0 saturated carbocycles. The third kappa shape index (κ3) is 5.36. The molecular formula is C21H19BrN2O4S. The zero-order chi connectivity index (χ0) is 20.9. The van der Waals surface area contributed by atoms with E-state index in [4.69, 9.17) is 4.74 Å². The minimum absolute atomic E-state index is 0.115. The van der Waals surface area contributed by atoms with Crippen molar-refractivity contribution in [2.75, 3.05) is 11.8 Å². The topological polar surface area (TPSA) is 84.5 Å². The number of carbonyl (C=O) groups excluding carboxylic acids is 1. The van der Waals surface area contributed by atoms with Gasteiger partial charge in [0.1, 0.15) is 10.6 Å². The first-order chi connectivity index (χ1) is 13.9. The zero-order valence-electron chi connectivity index (χ0n) is 15.6. The fourth-order valence-electron chi connectivity index (χ4n) is 2.64. The molecule has 150 valence electrons. The number of methoxy groups -OCH3 is 1. The molecule has 6 nitrogen and oxygen atoms in total. The van der Waals surface area contributed by atoms with Gasteiger partial charge in [0, 0.05) is 22.3 Å². The van der Waals surface area contributed by atoms with Crippen LogP contribution in [0.3, 0.4) is 0 Å². The van der Waals surface area contributed by atoms with Crippen molar-refractivity contribution < 1.29 is 17.9 Å². The largest absolute Gasteiger partial charge is 0.495 e. The van der Waals surface area contributed by atoms with Crippen LogP contribution in [0.5, 0.6) is 5.75 Å². The zero-order valence-corrected chi connectivity index (χ0v) is 18.0. The van der Waals surface area contributed by atoms with Crippen LogP contribution in [0.1, 0.15) is 15.9 Å². The van der Waals surface area contributed by atoms with Gasteiger partial charge in [0.25, 0.3) is 15.9 Å². The van der Waals surface area contributed by atoms with Crippen LogP contribution in [0.2, 0.25) is 0 Å². The molecule has 3 aromatic carbocycles. The van der Waals surface area contributed by atoms with Crippen LogP contribution in [0, 0.1) is 0 Å². The van der Waals surface area contributed by atoms with Gasteiger partial charge in [-0.3, -0.25) is 9.52 Å². The first kappa shape index (κ1) is 20.9. The molecule has 0 heterocycles. The number of hydrogen-bond donors (Lipinski definition) is 2. The lowest BCUT2D eigenvalue weighted by Crippen LogP contribution is -2.23. The van der Waals surface area contributed by atoms with Crippen LogP contribution in [0.25, 0.3) is 0 Å². The molecule has 0 aliphatic rings. The molecule has 3 rings (SSSR count). The lowest BCUT2D eigenvalue weighted by Gasteiger charge is -2.13. The number of benzene rings is 3. The van der Waals surface area contributed by atoms with Gasteiger partial charge in [-0.25, -0.2) is 8.42 Å². The van der Waals surface area contributed by atoms with E-state index in [0.29, 0.717) is 12.2 Å². The molecule has 29 heavy (non-hydrogen) atoms. The third-order valence-corrected chi connectivity index (χ3v) is 6.04. The predicted octanol–water partition coefficient (Wildman–Crippen LogP) is 4.19. The van der Waals surface area contributed by atoms with Crippen molar-refractivity contribution in [2.45, 2.75) is 11.4 Å². The highest BCUT2D eigenvalue weighted by Crippen LogP contribution is 2.27. The Kier molecular flexibility index (Phi) is 6.56. The summed E-state index contributed by atoms with van der Waals surface area (Å²) >= 11 is 3.31. The lowest BCUT2D eigenvalue weighted by molar-refractivity contribution is 0.0950. The summed E-state index contributed by atoms with van der Waals surface area (Å²) in [7, 11) is -2.58. The smallest absolute Gasteiger partial charge is 0.265 e. The van der Waals surface area contributed by atoms with Gasteiger partial charge < -0.3 is 10.1 Å². The second kappa shape index (κ2) is 9.11. The van der Waals surface area contributed by atoms with E-state index >= 15 is 0 Å². The molecule has 2 N–H and O–H groups in total. The Morgan fingerprint density at radius 2 is 1.69 bits per heavy atom. The fraction of sp³-hybridized carbons (Fsp3) is 0.0952. The Morgan fingerprint density at radius 3 is 2.34 bits per heavy atom. The van der Waals surface area contributed by atoms with Crippen LogP contribution < -0.4 is 14.8 Å². The number of rotatable bonds is 7. The molecular weight excluding hydrogens is 456 g/mol. The standard InChI is InChI=1S/C21H19BrN2O4S/c1-28-19-12-7-16(21(25)23-14-15-5-3-2-4-6-15)13-20(19)29(26,27)24-18-10-8-17(22)9-11-18/h2-13,24H,14H2,1H3,(H,23,25). The predicted molar refractivity (Wildman–Crippen MR) is 116 cm³/mol. The number of anilines is 1. The summed E-state index contributed by atoms with van der Waals surface area (Å²) < 4.78 is 34.3. The van der Waals surface area contributed by atoms with Gasteiger partial charge in [0.05, 0.1) is 7.11 Å². The van der Waals surface area contributed by atoms with Crippen LogP contribution in [-0.2, 0) is 16.6 Å². The van der Waals surface area contributed by atoms with Gasteiger partial charge in [-0.1, -0.05) is 46.3 Å². The van der Waals surface area contributed by atoms with Gasteiger partial charge in [-0.05, 0) is 48.0 Å². The lowest BCUT2D eigenvalue weighted by atomic mass is 10.2. The highest BCUT2D eigenvalue weighted by molar-refractivity contribution is 9.10. The second-order valence-corrected chi connectivity index (χ2v) is 8.71. The fourth-order valence-corrected chi connectivity index (χ4v) is 4.16. The Balaban J connectivity index is 1.84.